The van der Waals surface area contributed by atoms with E-state index < -0.39 is 17.7 Å². The summed E-state index contributed by atoms with van der Waals surface area (Å²) in [6.07, 6.45) is -0.0921. The van der Waals surface area contributed by atoms with E-state index in [9.17, 15) is 9.59 Å². The number of thiophene rings is 1. The van der Waals surface area contributed by atoms with Gasteiger partial charge in [-0.05, 0) is 44.2 Å². The lowest BCUT2D eigenvalue weighted by Crippen LogP contribution is -2.27. The summed E-state index contributed by atoms with van der Waals surface area (Å²) in [6, 6.07) is 1.81. The maximum absolute atomic E-state index is 11.6. The first-order valence-corrected chi connectivity index (χ1v) is 6.44. The fourth-order valence-corrected chi connectivity index (χ4v) is 2.11. The van der Waals surface area contributed by atoms with Gasteiger partial charge in [0.15, 0.2) is 0 Å². The molecule has 5 nitrogen and oxygen atoms in total. The zero-order chi connectivity index (χ0) is 13.8. The Kier molecular flexibility index (Phi) is 4.72. The molecule has 0 bridgehead atoms. The zero-order valence-corrected chi connectivity index (χ0v) is 11.5. The molecular weight excluding hydrogens is 254 g/mol. The Morgan fingerprint density at radius 2 is 2.11 bits per heavy atom. The lowest BCUT2D eigenvalue weighted by atomic mass is 10.2. The number of anilines is 1. The normalized spacial score (nSPS) is 11.1. The van der Waals surface area contributed by atoms with Crippen LogP contribution in [0.3, 0.4) is 0 Å². The van der Waals surface area contributed by atoms with Gasteiger partial charge in [-0.15, -0.1) is 11.3 Å². The monoisotopic (exact) mass is 271 g/mol. The molecule has 0 unspecified atom stereocenters. The number of ether oxygens (including phenoxy) is 1. The standard InChI is InChI=1S/C12H17NO4S/c1-12(2,3)17-11(16)13-10-8(6-7-18-10)4-5-9(14)15/h6-7H,4-5H2,1-3H3,(H,13,16)(H,14,15). The first kappa shape index (κ1) is 14.5. The van der Waals surface area contributed by atoms with E-state index in [4.69, 9.17) is 9.84 Å². The van der Waals surface area contributed by atoms with Crippen molar-refractivity contribution in [1.29, 1.82) is 0 Å². The van der Waals surface area contributed by atoms with Crippen molar-refractivity contribution in [1.82, 2.24) is 0 Å². The largest absolute Gasteiger partial charge is 0.481 e. The van der Waals surface area contributed by atoms with Crippen LogP contribution < -0.4 is 5.32 Å². The summed E-state index contributed by atoms with van der Waals surface area (Å²) in [5.41, 5.74) is 0.260. The molecule has 2 N–H and O–H groups in total. The molecule has 1 aromatic rings. The molecule has 0 atom stereocenters. The summed E-state index contributed by atoms with van der Waals surface area (Å²) in [7, 11) is 0. The number of aryl methyl sites for hydroxylation is 1. The van der Waals surface area contributed by atoms with E-state index in [2.05, 4.69) is 5.32 Å². The minimum atomic E-state index is -0.857. The Morgan fingerprint density at radius 3 is 2.67 bits per heavy atom. The van der Waals surface area contributed by atoms with Crippen LogP contribution in [0.4, 0.5) is 9.80 Å². The second-order valence-electron chi connectivity index (χ2n) is 4.80. The molecule has 18 heavy (non-hydrogen) atoms. The number of carbonyl (C=O) groups excluding carboxylic acids is 1. The van der Waals surface area contributed by atoms with E-state index >= 15 is 0 Å². The highest BCUT2D eigenvalue weighted by atomic mass is 32.1. The van der Waals surface area contributed by atoms with Crippen LogP contribution in [-0.2, 0) is 16.0 Å². The predicted molar refractivity (Wildman–Crippen MR) is 70.1 cm³/mol. The number of hydrogen-bond donors (Lipinski definition) is 2. The molecule has 0 aliphatic rings. The van der Waals surface area contributed by atoms with Gasteiger partial charge in [0.2, 0.25) is 0 Å². The SMILES string of the molecule is CC(C)(C)OC(=O)Nc1sccc1CCC(=O)O. The summed E-state index contributed by atoms with van der Waals surface area (Å²) >= 11 is 1.35. The highest BCUT2D eigenvalue weighted by Gasteiger charge is 2.17. The third-order valence-corrected chi connectivity index (χ3v) is 2.84. The number of amides is 1. The van der Waals surface area contributed by atoms with Crippen LogP contribution in [0.2, 0.25) is 0 Å². The second kappa shape index (κ2) is 5.86. The Morgan fingerprint density at radius 1 is 1.44 bits per heavy atom. The fraction of sp³-hybridized carbons (Fsp3) is 0.500. The van der Waals surface area contributed by atoms with Crippen molar-refractivity contribution in [3.8, 4) is 0 Å². The van der Waals surface area contributed by atoms with Gasteiger partial charge in [0.05, 0.1) is 0 Å². The number of hydrogen-bond acceptors (Lipinski definition) is 4. The highest BCUT2D eigenvalue weighted by molar-refractivity contribution is 7.14. The average molecular weight is 271 g/mol. The van der Waals surface area contributed by atoms with E-state index in [0.717, 1.165) is 5.56 Å². The molecule has 0 saturated carbocycles. The minimum Gasteiger partial charge on any atom is -0.481 e. The van der Waals surface area contributed by atoms with Crippen LogP contribution in [-0.4, -0.2) is 22.8 Å². The minimum absolute atomic E-state index is 0.0414. The summed E-state index contributed by atoms with van der Waals surface area (Å²) in [6.45, 7) is 5.35. The van der Waals surface area contributed by atoms with Gasteiger partial charge in [-0.2, -0.15) is 0 Å². The number of nitrogens with one attached hydrogen (secondary N) is 1. The molecule has 0 aliphatic carbocycles. The molecule has 1 aromatic heterocycles. The van der Waals surface area contributed by atoms with Gasteiger partial charge in [-0.1, -0.05) is 0 Å². The molecule has 1 heterocycles. The van der Waals surface area contributed by atoms with E-state index in [-0.39, 0.29) is 6.42 Å². The molecule has 0 saturated heterocycles. The number of carboxylic acid groups (broad SMARTS) is 1. The highest BCUT2D eigenvalue weighted by Crippen LogP contribution is 2.25. The van der Waals surface area contributed by atoms with E-state index in [1.165, 1.54) is 11.3 Å². The summed E-state index contributed by atoms with van der Waals surface area (Å²) in [4.78, 5) is 22.1. The molecule has 1 amide bonds. The van der Waals surface area contributed by atoms with Crippen LogP contribution in [0, 0.1) is 0 Å². The molecule has 0 spiro atoms. The van der Waals surface area contributed by atoms with Gasteiger partial charge in [0.25, 0.3) is 0 Å². The molecule has 0 aliphatic heterocycles. The van der Waals surface area contributed by atoms with Crippen molar-refractivity contribution in [3.63, 3.8) is 0 Å². The van der Waals surface area contributed by atoms with E-state index in [1.807, 2.05) is 5.38 Å². The van der Waals surface area contributed by atoms with Crippen LogP contribution in [0.15, 0.2) is 11.4 Å². The predicted octanol–water partition coefficient (Wildman–Crippen LogP) is 3.11. The van der Waals surface area contributed by atoms with Crippen molar-refractivity contribution in [2.75, 3.05) is 5.32 Å². The van der Waals surface area contributed by atoms with Crippen molar-refractivity contribution < 1.29 is 19.4 Å². The average Bonchev–Trinajstić information content (AvgIpc) is 2.59. The molecule has 1 rings (SSSR count). The lowest BCUT2D eigenvalue weighted by molar-refractivity contribution is -0.136. The van der Waals surface area contributed by atoms with Gasteiger partial charge >= 0.3 is 12.1 Å². The topological polar surface area (TPSA) is 75.6 Å². The van der Waals surface area contributed by atoms with Crippen LogP contribution in [0.25, 0.3) is 0 Å². The Bertz CT molecular complexity index is 434. The van der Waals surface area contributed by atoms with E-state index in [0.29, 0.717) is 11.4 Å². The quantitative estimate of drug-likeness (QED) is 0.882. The number of carboxylic acids is 1. The van der Waals surface area contributed by atoms with Crippen molar-refractivity contribution in [2.24, 2.45) is 0 Å². The molecule has 100 valence electrons. The van der Waals surface area contributed by atoms with Crippen molar-refractivity contribution in [3.05, 3.63) is 17.0 Å². The zero-order valence-electron chi connectivity index (χ0n) is 10.6. The first-order valence-electron chi connectivity index (χ1n) is 5.56. The van der Waals surface area contributed by atoms with Crippen molar-refractivity contribution in [2.45, 2.75) is 39.2 Å². The maximum atomic E-state index is 11.6. The van der Waals surface area contributed by atoms with Gasteiger partial charge in [-0.25, -0.2) is 4.79 Å². The Hall–Kier alpha value is -1.56. The van der Waals surface area contributed by atoms with Gasteiger partial charge < -0.3 is 9.84 Å². The molecule has 0 radical (unpaired) electrons. The third kappa shape index (κ3) is 5.18. The molecule has 0 fully saturated rings. The number of carbonyl (C=O) groups is 2. The van der Waals surface area contributed by atoms with E-state index in [1.54, 1.807) is 26.8 Å². The summed E-state index contributed by atoms with van der Waals surface area (Å²) in [5, 5.41) is 13.7. The smallest absolute Gasteiger partial charge is 0.412 e. The van der Waals surface area contributed by atoms with Gasteiger partial charge in [0.1, 0.15) is 10.6 Å². The van der Waals surface area contributed by atoms with Gasteiger partial charge in [-0.3, -0.25) is 10.1 Å². The lowest BCUT2D eigenvalue weighted by Gasteiger charge is -2.19. The second-order valence-corrected chi connectivity index (χ2v) is 5.71. The summed E-state index contributed by atoms with van der Waals surface area (Å²) < 4.78 is 5.13. The van der Waals surface area contributed by atoms with Crippen LogP contribution >= 0.6 is 11.3 Å². The fourth-order valence-electron chi connectivity index (χ4n) is 1.28. The third-order valence-electron chi connectivity index (χ3n) is 1.97. The van der Waals surface area contributed by atoms with Crippen molar-refractivity contribution >= 4 is 28.4 Å². The molecular formula is C12H17NO4S. The number of rotatable bonds is 4. The van der Waals surface area contributed by atoms with Crippen LogP contribution in [0.1, 0.15) is 32.8 Å². The Labute approximate surface area is 110 Å². The molecule has 0 aromatic carbocycles. The van der Waals surface area contributed by atoms with Crippen LogP contribution in [0.5, 0.6) is 0 Å². The number of aliphatic carboxylic acids is 1. The summed E-state index contributed by atoms with van der Waals surface area (Å²) in [5.74, 6) is -0.857. The Balaban J connectivity index is 2.59. The molecule has 6 heteroatoms. The maximum Gasteiger partial charge on any atom is 0.412 e. The first-order chi connectivity index (χ1) is 8.28. The van der Waals surface area contributed by atoms with Gasteiger partial charge in [0, 0.05) is 6.42 Å².